The molecule has 0 bridgehead atoms. The fourth-order valence-electron chi connectivity index (χ4n) is 11.2. The molecule has 0 saturated heterocycles. The number of fused-ring (bicyclic) bond motifs is 6. The van der Waals surface area contributed by atoms with E-state index in [-0.39, 0.29) is 5.41 Å². The summed E-state index contributed by atoms with van der Waals surface area (Å²) >= 11 is 0. The van der Waals surface area contributed by atoms with Gasteiger partial charge in [-0.3, -0.25) is 0 Å². The molecule has 0 atom stereocenters. The summed E-state index contributed by atoms with van der Waals surface area (Å²) in [5.41, 5.74) is 23.9. The first kappa shape index (κ1) is 42.1. The van der Waals surface area contributed by atoms with E-state index >= 15 is 0 Å². The number of aromatic nitrogens is 1. The van der Waals surface area contributed by atoms with Crippen LogP contribution in [0.3, 0.4) is 0 Å². The Morgan fingerprint density at radius 1 is 0.282 bits per heavy atom. The van der Waals surface area contributed by atoms with Gasteiger partial charge >= 0.3 is 0 Å². The van der Waals surface area contributed by atoms with Crippen LogP contribution >= 0.6 is 0 Å². The van der Waals surface area contributed by atoms with Crippen LogP contribution in [0.15, 0.2) is 267 Å². The van der Waals surface area contributed by atoms with Crippen molar-refractivity contribution in [1.29, 1.82) is 0 Å². The summed E-state index contributed by atoms with van der Waals surface area (Å²) in [5.74, 6) is 0. The molecule has 13 rings (SSSR count). The van der Waals surface area contributed by atoms with E-state index in [0.29, 0.717) is 0 Å². The van der Waals surface area contributed by atoms with Gasteiger partial charge in [0.1, 0.15) is 0 Å². The molecule has 0 N–H and O–H groups in total. The Kier molecular flexibility index (Phi) is 10.2. The van der Waals surface area contributed by atoms with Crippen molar-refractivity contribution >= 4 is 38.9 Å². The van der Waals surface area contributed by atoms with E-state index in [1.54, 1.807) is 0 Å². The molecule has 12 aromatic rings. The third kappa shape index (κ3) is 7.44. The summed E-state index contributed by atoms with van der Waals surface area (Å²) in [4.78, 5) is 2.43. The van der Waals surface area contributed by atoms with Gasteiger partial charge in [-0.25, -0.2) is 0 Å². The highest BCUT2D eigenvalue weighted by Crippen LogP contribution is 2.51. The van der Waals surface area contributed by atoms with Gasteiger partial charge in [-0.15, -0.1) is 0 Å². The minimum Gasteiger partial charge on any atom is -0.310 e. The molecule has 0 aliphatic heterocycles. The molecule has 0 saturated carbocycles. The lowest BCUT2D eigenvalue weighted by Crippen LogP contribution is -2.16. The number of anilines is 3. The number of rotatable bonds is 9. The molecule has 0 spiro atoms. The maximum atomic E-state index is 2.44. The third-order valence-corrected chi connectivity index (χ3v) is 14.7. The Labute approximate surface area is 416 Å². The van der Waals surface area contributed by atoms with Crippen LogP contribution in [0.1, 0.15) is 25.0 Å². The quantitative estimate of drug-likeness (QED) is 0.140. The van der Waals surface area contributed by atoms with Crippen molar-refractivity contribution in [2.75, 3.05) is 4.90 Å². The first-order valence-corrected chi connectivity index (χ1v) is 24.7. The van der Waals surface area contributed by atoms with Crippen molar-refractivity contribution in [2.45, 2.75) is 19.3 Å². The van der Waals surface area contributed by atoms with Crippen molar-refractivity contribution in [3.8, 4) is 72.4 Å². The minimum atomic E-state index is -0.126. The molecule has 1 aliphatic carbocycles. The Bertz CT molecular complexity index is 3900. The second kappa shape index (κ2) is 17.2. The van der Waals surface area contributed by atoms with Gasteiger partial charge in [-0.1, -0.05) is 202 Å². The normalized spacial score (nSPS) is 12.5. The number of hydrogen-bond acceptors (Lipinski definition) is 1. The van der Waals surface area contributed by atoms with Gasteiger partial charge < -0.3 is 9.47 Å². The molecule has 71 heavy (non-hydrogen) atoms. The summed E-state index contributed by atoms with van der Waals surface area (Å²) in [5, 5.41) is 2.46. The lowest BCUT2D eigenvalue weighted by Gasteiger charge is -2.29. The molecule has 336 valence electrons. The Balaban J connectivity index is 0.906. The first-order valence-electron chi connectivity index (χ1n) is 24.7. The molecule has 1 aromatic heterocycles. The fourth-order valence-corrected chi connectivity index (χ4v) is 11.2. The zero-order chi connectivity index (χ0) is 47.5. The molecule has 0 fully saturated rings. The lowest BCUT2D eigenvalue weighted by molar-refractivity contribution is 0.660. The first-order chi connectivity index (χ1) is 34.9. The van der Waals surface area contributed by atoms with E-state index in [4.69, 9.17) is 0 Å². The van der Waals surface area contributed by atoms with E-state index in [1.807, 2.05) is 0 Å². The van der Waals surface area contributed by atoms with E-state index < -0.39 is 0 Å². The van der Waals surface area contributed by atoms with Crippen molar-refractivity contribution in [3.05, 3.63) is 278 Å². The molecule has 2 nitrogen and oxygen atoms in total. The molecular formula is C69H50N2. The van der Waals surface area contributed by atoms with Crippen molar-refractivity contribution < 1.29 is 0 Å². The summed E-state index contributed by atoms with van der Waals surface area (Å²) in [6.45, 7) is 4.72. The molecule has 2 heteroatoms. The maximum Gasteiger partial charge on any atom is 0.0541 e. The van der Waals surface area contributed by atoms with Crippen LogP contribution in [0.25, 0.3) is 94.3 Å². The minimum absolute atomic E-state index is 0.126. The fraction of sp³-hybridized carbons (Fsp3) is 0.0435. The molecular weight excluding hydrogens is 857 g/mol. The van der Waals surface area contributed by atoms with Gasteiger partial charge in [0.25, 0.3) is 0 Å². The van der Waals surface area contributed by atoms with Crippen molar-refractivity contribution in [1.82, 2.24) is 4.57 Å². The van der Waals surface area contributed by atoms with Crippen LogP contribution in [0.4, 0.5) is 17.1 Å². The van der Waals surface area contributed by atoms with Gasteiger partial charge in [-0.05, 0) is 157 Å². The molecule has 0 radical (unpaired) electrons. The predicted molar refractivity (Wildman–Crippen MR) is 300 cm³/mol. The lowest BCUT2D eigenvalue weighted by atomic mass is 9.82. The number of nitrogens with zero attached hydrogens (tertiary/aromatic N) is 2. The topological polar surface area (TPSA) is 8.17 Å². The number of para-hydroxylation sites is 1. The van der Waals surface area contributed by atoms with Crippen LogP contribution in [-0.2, 0) is 5.41 Å². The van der Waals surface area contributed by atoms with Gasteiger partial charge in [-0.2, -0.15) is 0 Å². The molecule has 0 amide bonds. The SMILES string of the molecule is CC1(C)c2ccccc2-c2ccc(N(c3cccc(-c4ccccc4)c3)c3cccc(-c4cccc(-c5ccc6c(c5)c5ccccc5n6-c5cc(-c6ccccc6)cc(-c6ccccc6)c5)c4)c3)cc21. The Hall–Kier alpha value is -8.98. The second-order valence-corrected chi connectivity index (χ2v) is 19.4. The number of benzene rings is 11. The van der Waals surface area contributed by atoms with Gasteiger partial charge in [0.2, 0.25) is 0 Å². The molecule has 11 aromatic carbocycles. The summed E-state index contributed by atoms with van der Waals surface area (Å²) in [6.07, 6.45) is 0. The van der Waals surface area contributed by atoms with E-state index in [0.717, 1.165) is 28.3 Å². The van der Waals surface area contributed by atoms with Gasteiger partial charge in [0, 0.05) is 38.9 Å². The van der Waals surface area contributed by atoms with Gasteiger partial charge in [0.05, 0.1) is 11.0 Å². The monoisotopic (exact) mass is 906 g/mol. The van der Waals surface area contributed by atoms with Crippen LogP contribution in [0.2, 0.25) is 0 Å². The molecule has 1 aliphatic rings. The number of hydrogen-bond donors (Lipinski definition) is 0. The average Bonchev–Trinajstić information content (AvgIpc) is 3.89. The molecule has 0 unspecified atom stereocenters. The predicted octanol–water partition coefficient (Wildman–Crippen LogP) is 18.9. The maximum absolute atomic E-state index is 2.44. The Morgan fingerprint density at radius 2 is 0.732 bits per heavy atom. The highest BCUT2D eigenvalue weighted by atomic mass is 15.1. The smallest absolute Gasteiger partial charge is 0.0541 e. The third-order valence-electron chi connectivity index (χ3n) is 14.7. The largest absolute Gasteiger partial charge is 0.310 e. The standard InChI is InChI=1S/C69H50N2/c1-69(2)65-33-14-12-31-61(65)62-37-36-59(46-66(62)69)70(57-29-17-27-52(41-57)47-19-6-3-7-20-47)58-30-18-28-53(42-58)50-25-16-26-51(39-50)54-35-38-68-64(45-54)63-32-13-15-34-67(63)71(68)60-43-55(48-21-8-4-9-22-48)40-56(44-60)49-23-10-5-11-24-49/h3-46H,1-2H3. The van der Waals surface area contributed by atoms with Gasteiger partial charge in [0.15, 0.2) is 0 Å². The highest BCUT2D eigenvalue weighted by molar-refractivity contribution is 6.10. The van der Waals surface area contributed by atoms with Crippen molar-refractivity contribution in [2.24, 2.45) is 0 Å². The molecule has 1 heterocycles. The summed E-state index contributed by atoms with van der Waals surface area (Å²) in [6, 6.07) is 97.9. The van der Waals surface area contributed by atoms with E-state index in [2.05, 4.69) is 290 Å². The Morgan fingerprint density at radius 3 is 1.38 bits per heavy atom. The zero-order valence-electron chi connectivity index (χ0n) is 39.8. The van der Waals surface area contributed by atoms with Crippen LogP contribution < -0.4 is 4.90 Å². The van der Waals surface area contributed by atoms with Crippen LogP contribution in [0, 0.1) is 0 Å². The van der Waals surface area contributed by atoms with Crippen LogP contribution in [0.5, 0.6) is 0 Å². The zero-order valence-corrected chi connectivity index (χ0v) is 39.8. The van der Waals surface area contributed by atoms with Crippen molar-refractivity contribution in [3.63, 3.8) is 0 Å². The highest BCUT2D eigenvalue weighted by Gasteiger charge is 2.35. The van der Waals surface area contributed by atoms with E-state index in [9.17, 15) is 0 Å². The second-order valence-electron chi connectivity index (χ2n) is 19.4. The average molecular weight is 907 g/mol. The summed E-state index contributed by atoms with van der Waals surface area (Å²) in [7, 11) is 0. The summed E-state index contributed by atoms with van der Waals surface area (Å²) < 4.78 is 2.44. The van der Waals surface area contributed by atoms with Crippen LogP contribution in [-0.4, -0.2) is 4.57 Å². The van der Waals surface area contributed by atoms with E-state index in [1.165, 1.54) is 94.1 Å².